The minimum atomic E-state index is -0.268. The molecule has 4 nitrogen and oxygen atoms in total. The maximum Gasteiger partial charge on any atom is 0.323 e. The summed E-state index contributed by atoms with van der Waals surface area (Å²) in [4.78, 5) is 16.6. The number of carbonyl (C=O) groups excluding carboxylic acids is 1. The lowest BCUT2D eigenvalue weighted by molar-refractivity contribution is 0.262. The zero-order chi connectivity index (χ0) is 15.6. The standard InChI is InChI=1S/C18H13N3OS/c22-18(20-13-5-6-17-12(11-13)8-10-23-17)21-16-7-9-19-15-4-2-1-3-14(15)16/h1-11H,(H2,19,20,21,22). The van der Waals surface area contributed by atoms with E-state index in [-0.39, 0.29) is 6.03 Å². The average Bonchev–Trinajstić information content (AvgIpc) is 3.03. The molecule has 4 rings (SSSR count). The molecule has 0 aliphatic rings. The van der Waals surface area contributed by atoms with Crippen LogP contribution in [0.3, 0.4) is 0 Å². The van der Waals surface area contributed by atoms with Crippen molar-refractivity contribution in [3.63, 3.8) is 0 Å². The first-order valence-electron chi connectivity index (χ1n) is 7.19. The van der Waals surface area contributed by atoms with E-state index in [0.29, 0.717) is 0 Å². The van der Waals surface area contributed by atoms with Crippen molar-refractivity contribution in [3.05, 3.63) is 66.2 Å². The van der Waals surface area contributed by atoms with Crippen LogP contribution in [0.25, 0.3) is 21.0 Å². The highest BCUT2D eigenvalue weighted by atomic mass is 32.1. The first-order valence-corrected chi connectivity index (χ1v) is 8.06. The van der Waals surface area contributed by atoms with Gasteiger partial charge in [0.15, 0.2) is 0 Å². The average molecular weight is 319 g/mol. The monoisotopic (exact) mass is 319 g/mol. The van der Waals surface area contributed by atoms with E-state index in [1.165, 1.54) is 4.70 Å². The van der Waals surface area contributed by atoms with Crippen molar-refractivity contribution in [2.45, 2.75) is 0 Å². The molecule has 0 spiro atoms. The van der Waals surface area contributed by atoms with E-state index in [0.717, 1.165) is 27.7 Å². The number of benzene rings is 2. The topological polar surface area (TPSA) is 54.0 Å². The zero-order valence-corrected chi connectivity index (χ0v) is 12.9. The second-order valence-electron chi connectivity index (χ2n) is 5.13. The van der Waals surface area contributed by atoms with Crippen molar-refractivity contribution >= 4 is 49.7 Å². The molecular weight excluding hydrogens is 306 g/mol. The molecule has 2 heterocycles. The number of thiophene rings is 1. The molecule has 112 valence electrons. The van der Waals surface area contributed by atoms with E-state index in [4.69, 9.17) is 0 Å². The molecule has 0 fully saturated rings. The molecule has 4 aromatic rings. The summed E-state index contributed by atoms with van der Waals surface area (Å²) in [6.07, 6.45) is 1.69. The smallest absolute Gasteiger partial charge is 0.308 e. The summed E-state index contributed by atoms with van der Waals surface area (Å²) < 4.78 is 1.20. The van der Waals surface area contributed by atoms with Crippen LogP contribution in [-0.4, -0.2) is 11.0 Å². The second kappa shape index (κ2) is 5.70. The van der Waals surface area contributed by atoms with Crippen LogP contribution in [0.1, 0.15) is 0 Å². The van der Waals surface area contributed by atoms with E-state index in [1.54, 1.807) is 23.6 Å². The molecule has 2 aromatic heterocycles. The van der Waals surface area contributed by atoms with E-state index in [2.05, 4.69) is 15.6 Å². The zero-order valence-electron chi connectivity index (χ0n) is 12.1. The van der Waals surface area contributed by atoms with Crippen LogP contribution in [0.5, 0.6) is 0 Å². The molecule has 2 amide bonds. The van der Waals surface area contributed by atoms with E-state index >= 15 is 0 Å². The second-order valence-corrected chi connectivity index (χ2v) is 6.08. The van der Waals surface area contributed by atoms with Gasteiger partial charge in [-0.15, -0.1) is 11.3 Å². The number of carbonyl (C=O) groups is 1. The van der Waals surface area contributed by atoms with Crippen molar-refractivity contribution in [1.82, 2.24) is 4.98 Å². The van der Waals surface area contributed by atoms with Crippen molar-refractivity contribution in [2.24, 2.45) is 0 Å². The van der Waals surface area contributed by atoms with Gasteiger partial charge >= 0.3 is 6.03 Å². The van der Waals surface area contributed by atoms with Gasteiger partial charge in [-0.3, -0.25) is 4.98 Å². The Morgan fingerprint density at radius 1 is 1.00 bits per heavy atom. The Balaban J connectivity index is 1.57. The first kappa shape index (κ1) is 13.7. The maximum atomic E-state index is 12.3. The van der Waals surface area contributed by atoms with Gasteiger partial charge in [-0.1, -0.05) is 18.2 Å². The number of pyridine rings is 1. The third-order valence-electron chi connectivity index (χ3n) is 3.61. The van der Waals surface area contributed by atoms with Crippen LogP contribution in [0, 0.1) is 0 Å². The fourth-order valence-electron chi connectivity index (χ4n) is 2.53. The number of hydrogen-bond acceptors (Lipinski definition) is 3. The predicted molar refractivity (Wildman–Crippen MR) is 96.2 cm³/mol. The fourth-order valence-corrected chi connectivity index (χ4v) is 3.30. The van der Waals surface area contributed by atoms with Crippen molar-refractivity contribution in [1.29, 1.82) is 0 Å². The summed E-state index contributed by atoms with van der Waals surface area (Å²) in [5, 5.41) is 9.84. The number of urea groups is 1. The number of nitrogens with one attached hydrogen (secondary N) is 2. The number of anilines is 2. The molecule has 5 heteroatoms. The maximum absolute atomic E-state index is 12.3. The molecule has 0 saturated heterocycles. The SMILES string of the molecule is O=C(Nc1ccc2sccc2c1)Nc1ccnc2ccccc12. The minimum Gasteiger partial charge on any atom is -0.308 e. The van der Waals surface area contributed by atoms with Gasteiger partial charge in [0, 0.05) is 22.0 Å². The molecule has 0 aliphatic heterocycles. The highest BCUT2D eigenvalue weighted by Crippen LogP contribution is 2.25. The number of hydrogen-bond donors (Lipinski definition) is 2. The summed E-state index contributed by atoms with van der Waals surface area (Å²) >= 11 is 1.68. The van der Waals surface area contributed by atoms with Gasteiger partial charge in [-0.25, -0.2) is 4.79 Å². The molecular formula is C18H13N3OS. The van der Waals surface area contributed by atoms with Crippen molar-refractivity contribution in [3.8, 4) is 0 Å². The Labute approximate surface area is 136 Å². The van der Waals surface area contributed by atoms with Crippen molar-refractivity contribution in [2.75, 3.05) is 10.6 Å². The quantitative estimate of drug-likeness (QED) is 0.540. The highest BCUT2D eigenvalue weighted by Gasteiger charge is 2.07. The summed E-state index contributed by atoms with van der Waals surface area (Å²) in [5.74, 6) is 0. The normalized spacial score (nSPS) is 10.8. The van der Waals surface area contributed by atoms with Crippen LogP contribution in [0.2, 0.25) is 0 Å². The highest BCUT2D eigenvalue weighted by molar-refractivity contribution is 7.17. The Bertz CT molecular complexity index is 1000. The van der Waals surface area contributed by atoms with Crippen molar-refractivity contribution < 1.29 is 4.79 Å². The van der Waals surface area contributed by atoms with E-state index < -0.39 is 0 Å². The van der Waals surface area contributed by atoms with Gasteiger partial charge in [-0.05, 0) is 47.2 Å². The Hall–Kier alpha value is -2.92. The van der Waals surface area contributed by atoms with Gasteiger partial charge in [-0.2, -0.15) is 0 Å². The minimum absolute atomic E-state index is 0.268. The molecule has 2 aromatic carbocycles. The molecule has 0 saturated carbocycles. The van der Waals surface area contributed by atoms with Gasteiger partial charge < -0.3 is 10.6 Å². The van der Waals surface area contributed by atoms with Gasteiger partial charge in [0.2, 0.25) is 0 Å². The number of amides is 2. The largest absolute Gasteiger partial charge is 0.323 e. The summed E-state index contributed by atoms with van der Waals surface area (Å²) in [6, 6.07) is 17.2. The fraction of sp³-hybridized carbons (Fsp3) is 0. The van der Waals surface area contributed by atoms with E-state index in [9.17, 15) is 4.79 Å². The first-order chi connectivity index (χ1) is 11.3. The van der Waals surface area contributed by atoms with E-state index in [1.807, 2.05) is 53.9 Å². The third-order valence-corrected chi connectivity index (χ3v) is 4.51. The molecule has 23 heavy (non-hydrogen) atoms. The van der Waals surface area contributed by atoms with Crippen LogP contribution in [0.4, 0.5) is 16.2 Å². The number of rotatable bonds is 2. The summed E-state index contributed by atoms with van der Waals surface area (Å²) in [6.45, 7) is 0. The van der Waals surface area contributed by atoms with Crippen LogP contribution in [-0.2, 0) is 0 Å². The van der Waals surface area contributed by atoms with Gasteiger partial charge in [0.25, 0.3) is 0 Å². The number of nitrogens with zero attached hydrogens (tertiary/aromatic N) is 1. The number of fused-ring (bicyclic) bond motifs is 2. The Morgan fingerprint density at radius 2 is 1.91 bits per heavy atom. The third kappa shape index (κ3) is 2.74. The molecule has 0 radical (unpaired) electrons. The summed E-state index contributed by atoms with van der Waals surface area (Å²) in [7, 11) is 0. The molecule has 0 aliphatic carbocycles. The predicted octanol–water partition coefficient (Wildman–Crippen LogP) is 5.09. The Kier molecular flexibility index (Phi) is 3.40. The van der Waals surface area contributed by atoms with Crippen LogP contribution < -0.4 is 10.6 Å². The Morgan fingerprint density at radius 3 is 2.87 bits per heavy atom. The van der Waals surface area contributed by atoms with Gasteiger partial charge in [0.1, 0.15) is 0 Å². The molecule has 0 atom stereocenters. The van der Waals surface area contributed by atoms with Gasteiger partial charge in [0.05, 0.1) is 11.2 Å². The lowest BCUT2D eigenvalue weighted by Crippen LogP contribution is -2.19. The lowest BCUT2D eigenvalue weighted by Gasteiger charge is -2.10. The molecule has 2 N–H and O–H groups in total. The van der Waals surface area contributed by atoms with Crippen LogP contribution in [0.15, 0.2) is 66.2 Å². The van der Waals surface area contributed by atoms with Crippen LogP contribution >= 0.6 is 11.3 Å². The molecule has 0 bridgehead atoms. The number of aromatic nitrogens is 1. The number of para-hydroxylation sites is 1. The molecule has 0 unspecified atom stereocenters. The summed E-state index contributed by atoms with van der Waals surface area (Å²) in [5.41, 5.74) is 2.36. The lowest BCUT2D eigenvalue weighted by atomic mass is 10.2.